The van der Waals surface area contributed by atoms with Gasteiger partial charge in [-0.2, -0.15) is 18.3 Å². The summed E-state index contributed by atoms with van der Waals surface area (Å²) < 4.78 is 38.5. The molecule has 0 fully saturated rings. The van der Waals surface area contributed by atoms with Crippen molar-refractivity contribution in [2.75, 3.05) is 17.4 Å². The molecule has 0 saturated carbocycles. The normalized spacial score (nSPS) is 20.1. The lowest BCUT2D eigenvalue weighted by Crippen LogP contribution is -2.21. The third-order valence-corrected chi connectivity index (χ3v) is 2.74. The number of nitrogens with two attached hydrogens (primary N) is 1. The van der Waals surface area contributed by atoms with Gasteiger partial charge in [0.1, 0.15) is 5.69 Å². The van der Waals surface area contributed by atoms with E-state index in [1.54, 1.807) is 6.26 Å². The summed E-state index contributed by atoms with van der Waals surface area (Å²) in [6.45, 7) is 0. The first-order valence-electron chi connectivity index (χ1n) is 3.94. The molecular weight excluding hydrogens is 231 g/mol. The summed E-state index contributed by atoms with van der Waals surface area (Å²) in [5.41, 5.74) is 8.84. The molecule has 15 heavy (non-hydrogen) atoms. The number of halogens is 3. The number of nitrogens with zero attached hydrogens (tertiary/aromatic N) is 2. The maximum atomic E-state index is 12.4. The van der Waals surface area contributed by atoms with Gasteiger partial charge in [0, 0.05) is 0 Å². The highest BCUT2D eigenvalue weighted by Gasteiger charge is 2.40. The Morgan fingerprint density at radius 3 is 2.73 bits per heavy atom. The Morgan fingerprint density at radius 2 is 2.20 bits per heavy atom. The molecule has 0 radical (unpaired) electrons. The van der Waals surface area contributed by atoms with Gasteiger partial charge in [-0.15, -0.1) is 11.8 Å². The minimum atomic E-state index is -4.52. The SMILES string of the molecule is CSC1NNc2c(N)c(C(F)(F)F)nn21. The summed E-state index contributed by atoms with van der Waals surface area (Å²) in [7, 11) is 0. The zero-order chi connectivity index (χ0) is 11.2. The molecule has 84 valence electrons. The highest BCUT2D eigenvalue weighted by Crippen LogP contribution is 2.40. The second-order valence-electron chi connectivity index (χ2n) is 2.91. The van der Waals surface area contributed by atoms with Crippen molar-refractivity contribution >= 4 is 23.3 Å². The number of nitrogens with one attached hydrogen (secondary N) is 2. The van der Waals surface area contributed by atoms with E-state index in [2.05, 4.69) is 16.0 Å². The Balaban J connectivity index is 2.47. The summed E-state index contributed by atoms with van der Waals surface area (Å²) in [4.78, 5) is 0. The van der Waals surface area contributed by atoms with E-state index in [9.17, 15) is 13.2 Å². The summed E-state index contributed by atoms with van der Waals surface area (Å²) in [6.07, 6.45) is -2.77. The molecule has 9 heteroatoms. The van der Waals surface area contributed by atoms with Crippen LogP contribution in [-0.4, -0.2) is 16.0 Å². The molecule has 1 atom stereocenters. The number of fused-ring (bicyclic) bond motifs is 1. The van der Waals surface area contributed by atoms with E-state index in [1.807, 2.05) is 0 Å². The van der Waals surface area contributed by atoms with Crippen LogP contribution >= 0.6 is 11.8 Å². The Bertz CT molecular complexity index is 387. The molecular formula is C6H8F3N5S. The minimum Gasteiger partial charge on any atom is -0.394 e. The largest absolute Gasteiger partial charge is 0.437 e. The molecule has 1 aromatic heterocycles. The molecule has 2 rings (SSSR count). The third-order valence-electron chi connectivity index (χ3n) is 1.98. The van der Waals surface area contributed by atoms with Gasteiger partial charge in [-0.05, 0) is 6.26 Å². The van der Waals surface area contributed by atoms with Gasteiger partial charge < -0.3 is 11.2 Å². The molecule has 0 aromatic carbocycles. The van der Waals surface area contributed by atoms with Gasteiger partial charge in [-0.25, -0.2) is 10.1 Å². The molecule has 1 aliphatic rings. The number of alkyl halides is 3. The lowest BCUT2D eigenvalue weighted by molar-refractivity contribution is -0.140. The smallest absolute Gasteiger partial charge is 0.394 e. The Kier molecular flexibility index (Phi) is 2.23. The molecule has 0 spiro atoms. The van der Waals surface area contributed by atoms with Crippen LogP contribution in [0, 0.1) is 0 Å². The fourth-order valence-electron chi connectivity index (χ4n) is 1.30. The zero-order valence-electron chi connectivity index (χ0n) is 7.59. The van der Waals surface area contributed by atoms with Gasteiger partial charge in [0.2, 0.25) is 0 Å². The van der Waals surface area contributed by atoms with Gasteiger partial charge in [0.15, 0.2) is 17.0 Å². The van der Waals surface area contributed by atoms with Crippen LogP contribution in [0.3, 0.4) is 0 Å². The highest BCUT2D eigenvalue weighted by atomic mass is 32.2. The average Bonchev–Trinajstić information content (AvgIpc) is 2.65. The number of hydrazine groups is 1. The summed E-state index contributed by atoms with van der Waals surface area (Å²) >= 11 is 1.31. The van der Waals surface area contributed by atoms with Crippen LogP contribution in [0.25, 0.3) is 0 Å². The predicted octanol–water partition coefficient (Wildman–Crippen LogP) is 1.23. The monoisotopic (exact) mass is 239 g/mol. The van der Waals surface area contributed by atoms with E-state index in [0.717, 1.165) is 0 Å². The summed E-state index contributed by atoms with van der Waals surface area (Å²) in [6, 6.07) is 0. The van der Waals surface area contributed by atoms with Crippen molar-refractivity contribution in [1.29, 1.82) is 0 Å². The maximum Gasteiger partial charge on any atom is 0.437 e. The Hall–Kier alpha value is -1.09. The van der Waals surface area contributed by atoms with Crippen LogP contribution in [0.2, 0.25) is 0 Å². The van der Waals surface area contributed by atoms with Gasteiger partial charge in [0.25, 0.3) is 0 Å². The highest BCUT2D eigenvalue weighted by molar-refractivity contribution is 7.98. The minimum absolute atomic E-state index is 0.154. The first kappa shape index (κ1) is 10.4. The van der Waals surface area contributed by atoms with Crippen molar-refractivity contribution in [2.45, 2.75) is 11.7 Å². The topological polar surface area (TPSA) is 67.9 Å². The van der Waals surface area contributed by atoms with Crippen molar-refractivity contribution in [3.63, 3.8) is 0 Å². The van der Waals surface area contributed by atoms with Crippen LogP contribution in [-0.2, 0) is 6.18 Å². The number of anilines is 2. The van der Waals surface area contributed by atoms with Crippen LogP contribution in [0.15, 0.2) is 0 Å². The number of rotatable bonds is 1. The van der Waals surface area contributed by atoms with Gasteiger partial charge >= 0.3 is 6.18 Å². The van der Waals surface area contributed by atoms with Gasteiger partial charge in [-0.1, -0.05) is 0 Å². The predicted molar refractivity (Wildman–Crippen MR) is 51.0 cm³/mol. The first-order chi connectivity index (χ1) is 6.95. The maximum absolute atomic E-state index is 12.4. The molecule has 0 amide bonds. The number of hydrogen-bond donors (Lipinski definition) is 3. The fraction of sp³-hybridized carbons (Fsp3) is 0.500. The number of aromatic nitrogens is 2. The second-order valence-corrected chi connectivity index (χ2v) is 3.83. The van der Waals surface area contributed by atoms with E-state index >= 15 is 0 Å². The standard InChI is InChI=1S/C6H8F3N5S/c1-15-5-12-11-4-2(10)3(6(7,8)9)13-14(4)5/h5,11-12H,10H2,1H3. The zero-order valence-corrected chi connectivity index (χ0v) is 8.41. The lowest BCUT2D eigenvalue weighted by Gasteiger charge is -2.08. The molecule has 2 heterocycles. The van der Waals surface area contributed by atoms with Crippen LogP contribution in [0.5, 0.6) is 0 Å². The number of thioether (sulfide) groups is 1. The van der Waals surface area contributed by atoms with E-state index in [4.69, 9.17) is 5.73 Å². The molecule has 0 aliphatic carbocycles. The molecule has 0 bridgehead atoms. The Labute approximate surface area is 87.2 Å². The van der Waals surface area contributed by atoms with Crippen molar-refractivity contribution in [3.8, 4) is 0 Å². The molecule has 1 aliphatic heterocycles. The number of hydrogen-bond acceptors (Lipinski definition) is 5. The number of nitrogen functional groups attached to an aromatic ring is 1. The summed E-state index contributed by atoms with van der Waals surface area (Å²) in [5, 5.41) is 3.43. The van der Waals surface area contributed by atoms with Crippen LogP contribution in [0.4, 0.5) is 24.7 Å². The molecule has 5 nitrogen and oxygen atoms in total. The second kappa shape index (κ2) is 3.20. The van der Waals surface area contributed by atoms with Crippen molar-refractivity contribution < 1.29 is 13.2 Å². The van der Waals surface area contributed by atoms with E-state index in [1.165, 1.54) is 16.4 Å². The van der Waals surface area contributed by atoms with E-state index in [0.29, 0.717) is 0 Å². The van der Waals surface area contributed by atoms with Crippen molar-refractivity contribution in [2.24, 2.45) is 0 Å². The van der Waals surface area contributed by atoms with Crippen LogP contribution < -0.4 is 16.6 Å². The quantitative estimate of drug-likeness (QED) is 0.687. The van der Waals surface area contributed by atoms with Gasteiger partial charge in [0.05, 0.1) is 0 Å². The molecule has 4 N–H and O–H groups in total. The average molecular weight is 239 g/mol. The Morgan fingerprint density at radius 1 is 1.53 bits per heavy atom. The fourth-order valence-corrected chi connectivity index (χ4v) is 1.83. The first-order valence-corrected chi connectivity index (χ1v) is 5.23. The van der Waals surface area contributed by atoms with Crippen LogP contribution in [0.1, 0.15) is 11.2 Å². The van der Waals surface area contributed by atoms with Gasteiger partial charge in [-0.3, -0.25) is 0 Å². The molecule has 1 aromatic rings. The lowest BCUT2D eigenvalue weighted by atomic mass is 10.3. The molecule has 0 saturated heterocycles. The van der Waals surface area contributed by atoms with E-state index in [-0.39, 0.29) is 17.0 Å². The van der Waals surface area contributed by atoms with E-state index < -0.39 is 11.9 Å². The molecule has 1 unspecified atom stereocenters. The van der Waals surface area contributed by atoms with Crippen molar-refractivity contribution in [3.05, 3.63) is 5.69 Å². The van der Waals surface area contributed by atoms with Crippen molar-refractivity contribution in [1.82, 2.24) is 15.2 Å². The summed E-state index contributed by atoms with van der Waals surface area (Å²) in [5.74, 6) is 0.154. The third kappa shape index (κ3) is 1.51.